The first-order chi connectivity index (χ1) is 15.5. The van der Waals surface area contributed by atoms with Gasteiger partial charge in [0.2, 0.25) is 0 Å². The minimum Gasteiger partial charge on any atom is -0.496 e. The molecule has 166 valence electrons. The van der Waals surface area contributed by atoms with Crippen molar-refractivity contribution in [2.24, 2.45) is 0 Å². The predicted molar refractivity (Wildman–Crippen MR) is 119 cm³/mol. The summed E-state index contributed by atoms with van der Waals surface area (Å²) in [5, 5.41) is 0. The fraction of sp³-hybridized carbons (Fsp3) is 0.320. The molecule has 32 heavy (non-hydrogen) atoms. The Morgan fingerprint density at radius 1 is 1.19 bits per heavy atom. The highest BCUT2D eigenvalue weighted by Gasteiger charge is 2.23. The molecule has 1 atom stereocenters. The Hall–Kier alpha value is -3.35. The second-order valence-corrected chi connectivity index (χ2v) is 7.99. The van der Waals surface area contributed by atoms with Crippen molar-refractivity contribution >= 4 is 11.5 Å². The van der Waals surface area contributed by atoms with E-state index in [1.165, 1.54) is 43.6 Å². The van der Waals surface area contributed by atoms with Crippen LogP contribution in [0.15, 0.2) is 48.7 Å². The quantitative estimate of drug-likeness (QED) is 0.494. The number of rotatable bonds is 6. The molecular weight excluding hydrogens is 412 g/mol. The average molecular weight is 437 g/mol. The largest absolute Gasteiger partial charge is 0.496 e. The van der Waals surface area contributed by atoms with Gasteiger partial charge in [0.15, 0.2) is 11.6 Å². The van der Waals surface area contributed by atoms with Crippen LogP contribution in [0.2, 0.25) is 0 Å². The van der Waals surface area contributed by atoms with E-state index in [2.05, 4.69) is 21.8 Å². The first-order valence-corrected chi connectivity index (χ1v) is 10.7. The van der Waals surface area contributed by atoms with Crippen LogP contribution in [0.25, 0.3) is 11.4 Å². The number of nitrogens with zero attached hydrogens (tertiary/aromatic N) is 3. The summed E-state index contributed by atoms with van der Waals surface area (Å²) in [6, 6.07) is 10.8. The van der Waals surface area contributed by atoms with Gasteiger partial charge in [-0.05, 0) is 68.1 Å². The monoisotopic (exact) mass is 437 g/mol. The lowest BCUT2D eigenvalue weighted by Crippen LogP contribution is -2.38. The van der Waals surface area contributed by atoms with Crippen LogP contribution >= 0.6 is 0 Å². The van der Waals surface area contributed by atoms with Crippen LogP contribution in [0.1, 0.15) is 42.2 Å². The number of aromatic nitrogens is 2. The number of anilines is 1. The molecule has 1 fully saturated rings. The van der Waals surface area contributed by atoms with E-state index < -0.39 is 5.82 Å². The zero-order chi connectivity index (χ0) is 22.7. The molecule has 0 aliphatic carbocycles. The van der Waals surface area contributed by atoms with E-state index in [1.54, 1.807) is 12.1 Å². The number of methoxy groups -OCH3 is 1. The van der Waals surface area contributed by atoms with Crippen molar-refractivity contribution in [2.75, 3.05) is 18.6 Å². The van der Waals surface area contributed by atoms with Crippen molar-refractivity contribution in [3.05, 3.63) is 71.6 Å². The molecule has 0 saturated carbocycles. The van der Waals surface area contributed by atoms with Crippen LogP contribution in [-0.4, -0.2) is 35.4 Å². The van der Waals surface area contributed by atoms with E-state index in [1.807, 2.05) is 0 Å². The third kappa shape index (κ3) is 4.47. The van der Waals surface area contributed by atoms with Crippen LogP contribution in [0.5, 0.6) is 5.75 Å². The van der Waals surface area contributed by atoms with Gasteiger partial charge in [0.05, 0.1) is 12.7 Å². The molecule has 0 radical (unpaired) electrons. The van der Waals surface area contributed by atoms with E-state index in [0.29, 0.717) is 11.6 Å². The Morgan fingerprint density at radius 2 is 2.03 bits per heavy atom. The number of carbonyl (C=O) groups is 1. The van der Waals surface area contributed by atoms with Crippen LogP contribution in [0, 0.1) is 11.6 Å². The molecular formula is C25H25F2N3O2. The number of benzene rings is 2. The van der Waals surface area contributed by atoms with Crippen molar-refractivity contribution < 1.29 is 18.3 Å². The zero-order valence-corrected chi connectivity index (χ0v) is 18.1. The van der Waals surface area contributed by atoms with Gasteiger partial charge >= 0.3 is 0 Å². The van der Waals surface area contributed by atoms with Gasteiger partial charge in [0.25, 0.3) is 0 Å². The fourth-order valence-corrected chi connectivity index (χ4v) is 4.22. The summed E-state index contributed by atoms with van der Waals surface area (Å²) in [5.74, 6) is -0.877. The number of carbonyl (C=O) groups excluding carboxylic acids is 1. The lowest BCUT2D eigenvalue weighted by molar-refractivity contribution is 0.0988. The van der Waals surface area contributed by atoms with Gasteiger partial charge in [-0.3, -0.25) is 4.79 Å². The van der Waals surface area contributed by atoms with Crippen LogP contribution in [0.3, 0.4) is 0 Å². The molecule has 1 aliphatic heterocycles. The Labute approximate surface area is 186 Å². The van der Waals surface area contributed by atoms with Crippen molar-refractivity contribution in [3.63, 3.8) is 0 Å². The highest BCUT2D eigenvalue weighted by atomic mass is 19.1. The number of hydrogen-bond donors (Lipinski definition) is 0. The lowest BCUT2D eigenvalue weighted by atomic mass is 9.98. The van der Waals surface area contributed by atoms with E-state index in [0.717, 1.165) is 31.5 Å². The second kappa shape index (κ2) is 9.42. The van der Waals surface area contributed by atoms with E-state index >= 15 is 0 Å². The molecule has 0 spiro atoms. The Bertz CT molecular complexity index is 1140. The molecule has 1 aromatic heterocycles. The second-order valence-electron chi connectivity index (χ2n) is 7.99. The van der Waals surface area contributed by atoms with E-state index in [9.17, 15) is 13.6 Å². The van der Waals surface area contributed by atoms with Gasteiger partial charge in [-0.15, -0.1) is 0 Å². The summed E-state index contributed by atoms with van der Waals surface area (Å²) in [5.41, 5.74) is 1.73. The smallest absolute Gasteiger partial charge is 0.185 e. The molecule has 1 aliphatic rings. The molecule has 0 amide bonds. The number of hydrogen-bond acceptors (Lipinski definition) is 5. The molecule has 5 nitrogen and oxygen atoms in total. The predicted octanol–water partition coefficient (Wildman–Crippen LogP) is 5.23. The number of Topliss-reactive ketones (excluding diaryl/α,β-unsaturated/α-hetero) is 1. The summed E-state index contributed by atoms with van der Waals surface area (Å²) in [4.78, 5) is 23.8. The zero-order valence-electron chi connectivity index (χ0n) is 18.1. The number of halogens is 2. The van der Waals surface area contributed by atoms with Crippen molar-refractivity contribution in [1.29, 1.82) is 0 Å². The summed E-state index contributed by atoms with van der Waals surface area (Å²) in [6.45, 7) is 3.02. The van der Waals surface area contributed by atoms with Gasteiger partial charge < -0.3 is 9.64 Å². The molecule has 2 heterocycles. The molecule has 0 unspecified atom stereocenters. The van der Waals surface area contributed by atoms with Gasteiger partial charge in [-0.25, -0.2) is 18.7 Å². The molecule has 1 saturated heterocycles. The van der Waals surface area contributed by atoms with Gasteiger partial charge in [-0.2, -0.15) is 0 Å². The summed E-state index contributed by atoms with van der Waals surface area (Å²) >= 11 is 0. The van der Waals surface area contributed by atoms with E-state index in [4.69, 9.17) is 4.74 Å². The molecule has 4 rings (SSSR count). The first-order valence-electron chi connectivity index (χ1n) is 10.7. The molecule has 7 heteroatoms. The number of piperidine rings is 1. The maximum absolute atomic E-state index is 14.5. The summed E-state index contributed by atoms with van der Waals surface area (Å²) < 4.78 is 33.7. The lowest BCUT2D eigenvalue weighted by Gasteiger charge is -2.36. The Morgan fingerprint density at radius 3 is 2.81 bits per heavy atom. The molecule has 3 aromatic rings. The number of ketones is 1. The Balaban J connectivity index is 1.65. The maximum Gasteiger partial charge on any atom is 0.185 e. The number of ether oxygens (including phenoxy) is 1. The standard InChI is InChI=1S/C25H25F2N3O2/c1-16-6-3-4-13-30(16)21-10-9-18(26)14-17(21)15-22(31)20-11-12-28-25(29-20)24-19(27)7-5-8-23(24)32-2/h5,7-12,14,16H,3-4,6,13,15H2,1-2H3/t16-/m1/s1. The fourth-order valence-electron chi connectivity index (χ4n) is 4.22. The third-order valence-electron chi connectivity index (χ3n) is 5.87. The first kappa shape index (κ1) is 21.9. The van der Waals surface area contributed by atoms with Gasteiger partial charge in [0, 0.05) is 30.9 Å². The Kier molecular flexibility index (Phi) is 6.44. The normalized spacial score (nSPS) is 16.1. The minimum atomic E-state index is -0.541. The van der Waals surface area contributed by atoms with Crippen LogP contribution in [-0.2, 0) is 6.42 Å². The highest BCUT2D eigenvalue weighted by molar-refractivity contribution is 5.97. The molecule has 0 N–H and O–H groups in total. The van der Waals surface area contributed by atoms with Crippen molar-refractivity contribution in [1.82, 2.24) is 9.97 Å². The van der Waals surface area contributed by atoms with Crippen LogP contribution in [0.4, 0.5) is 14.5 Å². The van der Waals surface area contributed by atoms with Gasteiger partial charge in [0.1, 0.15) is 23.1 Å². The van der Waals surface area contributed by atoms with Gasteiger partial charge in [-0.1, -0.05) is 6.07 Å². The van der Waals surface area contributed by atoms with Crippen LogP contribution < -0.4 is 9.64 Å². The SMILES string of the molecule is COc1cccc(F)c1-c1nccc(C(=O)Cc2cc(F)ccc2N2CCCC[C@H]2C)n1. The highest BCUT2D eigenvalue weighted by Crippen LogP contribution is 2.31. The topological polar surface area (TPSA) is 55.3 Å². The van der Waals surface area contributed by atoms with E-state index in [-0.39, 0.29) is 40.9 Å². The average Bonchev–Trinajstić information content (AvgIpc) is 2.79. The molecule has 0 bridgehead atoms. The third-order valence-corrected chi connectivity index (χ3v) is 5.87. The van der Waals surface area contributed by atoms with Crippen molar-refractivity contribution in [2.45, 2.75) is 38.6 Å². The summed E-state index contributed by atoms with van der Waals surface area (Å²) in [6.07, 6.45) is 4.69. The summed E-state index contributed by atoms with van der Waals surface area (Å²) in [7, 11) is 1.43. The van der Waals surface area contributed by atoms with Crippen molar-refractivity contribution in [3.8, 4) is 17.1 Å². The minimum absolute atomic E-state index is 0.0127. The molecule has 2 aromatic carbocycles. The maximum atomic E-state index is 14.5.